The van der Waals surface area contributed by atoms with Crippen LogP contribution in [-0.2, 0) is 0 Å². The van der Waals surface area contributed by atoms with Crippen molar-refractivity contribution < 1.29 is 13.2 Å². The lowest BCUT2D eigenvalue weighted by Crippen LogP contribution is -1.93. The highest BCUT2D eigenvalue weighted by Crippen LogP contribution is 2.26. The normalized spacial score (nSPS) is 14.4. The molecule has 134 valence electrons. The molecule has 1 aromatic rings. The highest BCUT2D eigenvalue weighted by atomic mass is 19.1. The van der Waals surface area contributed by atoms with Gasteiger partial charge in [0, 0.05) is 5.57 Å². The predicted molar refractivity (Wildman–Crippen MR) is 101 cm³/mol. The second kappa shape index (κ2) is 9.87. The molecule has 0 nitrogen and oxygen atoms in total. The largest absolute Gasteiger partial charge is 0.246 e. The van der Waals surface area contributed by atoms with Crippen molar-refractivity contribution in [1.82, 2.24) is 0 Å². The summed E-state index contributed by atoms with van der Waals surface area (Å²) in [5.74, 6) is -1.25. The van der Waals surface area contributed by atoms with Gasteiger partial charge in [-0.3, -0.25) is 0 Å². The van der Waals surface area contributed by atoms with Crippen molar-refractivity contribution in [2.75, 3.05) is 6.67 Å². The average molecular weight is 346 g/mol. The van der Waals surface area contributed by atoms with Gasteiger partial charge in [0.15, 0.2) is 0 Å². The zero-order chi connectivity index (χ0) is 19.0. The third kappa shape index (κ3) is 6.26. The Morgan fingerprint density at radius 1 is 1.16 bits per heavy atom. The quantitative estimate of drug-likeness (QED) is 0.458. The van der Waals surface area contributed by atoms with E-state index in [1.54, 1.807) is 13.0 Å². The summed E-state index contributed by atoms with van der Waals surface area (Å²) in [4.78, 5) is 0. The maximum Gasteiger partial charge on any atom is 0.130 e. The summed E-state index contributed by atoms with van der Waals surface area (Å²) in [6.45, 7) is 10.3. The van der Waals surface area contributed by atoms with Gasteiger partial charge in [0.25, 0.3) is 0 Å². The van der Waals surface area contributed by atoms with Crippen LogP contribution in [0.4, 0.5) is 13.2 Å². The Labute approximate surface area is 148 Å². The Hall–Kier alpha value is -2.29. The number of alkyl halides is 1. The van der Waals surface area contributed by atoms with Gasteiger partial charge >= 0.3 is 0 Å². The molecule has 0 aliphatic carbocycles. The number of hydrogen-bond donors (Lipinski definition) is 0. The van der Waals surface area contributed by atoms with Crippen molar-refractivity contribution in [3.05, 3.63) is 88.6 Å². The molecule has 0 bridgehead atoms. The Kier molecular flexibility index (Phi) is 8.20. The van der Waals surface area contributed by atoms with Gasteiger partial charge in [-0.2, -0.15) is 0 Å². The molecule has 0 aliphatic rings. The number of aryl methyl sites for hydroxylation is 1. The van der Waals surface area contributed by atoms with Crippen molar-refractivity contribution in [2.24, 2.45) is 0 Å². The van der Waals surface area contributed by atoms with Crippen LogP contribution in [0.1, 0.15) is 38.3 Å². The van der Waals surface area contributed by atoms with Crippen LogP contribution in [0.25, 0.3) is 5.57 Å². The van der Waals surface area contributed by atoms with Crippen LogP contribution in [-0.4, -0.2) is 6.67 Å². The number of allylic oxidation sites excluding steroid dienone is 9. The second-order valence-corrected chi connectivity index (χ2v) is 6.00. The van der Waals surface area contributed by atoms with Gasteiger partial charge in [-0.1, -0.05) is 43.4 Å². The minimum atomic E-state index is -1.02. The minimum absolute atomic E-state index is 0.171. The molecule has 0 amide bonds. The van der Waals surface area contributed by atoms with E-state index >= 15 is 0 Å². The molecule has 0 saturated heterocycles. The first kappa shape index (κ1) is 20.8. The van der Waals surface area contributed by atoms with E-state index in [1.807, 2.05) is 26.0 Å². The van der Waals surface area contributed by atoms with Crippen molar-refractivity contribution in [3.63, 3.8) is 0 Å². The summed E-state index contributed by atoms with van der Waals surface area (Å²) < 4.78 is 41.6. The molecular formula is C22H25F3. The van der Waals surface area contributed by atoms with Crippen LogP contribution in [0.5, 0.6) is 0 Å². The Morgan fingerprint density at radius 2 is 1.84 bits per heavy atom. The van der Waals surface area contributed by atoms with Crippen molar-refractivity contribution >= 4 is 5.57 Å². The molecule has 1 aromatic carbocycles. The zero-order valence-electron chi connectivity index (χ0n) is 15.3. The summed E-state index contributed by atoms with van der Waals surface area (Å²) in [5.41, 5.74) is 3.20. The lowest BCUT2D eigenvalue weighted by atomic mass is 10.0. The van der Waals surface area contributed by atoms with E-state index in [0.717, 1.165) is 18.1 Å². The molecule has 0 spiro atoms. The van der Waals surface area contributed by atoms with Gasteiger partial charge in [0.05, 0.1) is 0 Å². The van der Waals surface area contributed by atoms with E-state index in [1.165, 1.54) is 23.8 Å². The molecule has 0 aliphatic heterocycles. The fourth-order valence-corrected chi connectivity index (χ4v) is 2.23. The van der Waals surface area contributed by atoms with Crippen LogP contribution in [0.15, 0.2) is 71.6 Å². The molecule has 0 N–H and O–H groups in total. The van der Waals surface area contributed by atoms with Gasteiger partial charge < -0.3 is 0 Å². The summed E-state index contributed by atoms with van der Waals surface area (Å²) in [7, 11) is 0. The third-order valence-electron chi connectivity index (χ3n) is 3.95. The van der Waals surface area contributed by atoms with Gasteiger partial charge in [-0.05, 0) is 67.7 Å². The Morgan fingerprint density at radius 3 is 2.36 bits per heavy atom. The monoisotopic (exact) mass is 346 g/mol. The van der Waals surface area contributed by atoms with Crippen LogP contribution < -0.4 is 0 Å². The minimum Gasteiger partial charge on any atom is -0.246 e. The molecule has 0 unspecified atom stereocenters. The summed E-state index contributed by atoms with van der Waals surface area (Å²) in [6.07, 6.45) is 7.52. The van der Waals surface area contributed by atoms with Crippen LogP contribution >= 0.6 is 0 Å². The number of rotatable bonds is 7. The van der Waals surface area contributed by atoms with E-state index in [4.69, 9.17) is 0 Å². The second-order valence-electron chi connectivity index (χ2n) is 6.00. The summed E-state index contributed by atoms with van der Waals surface area (Å²) in [5, 5.41) is 0. The molecule has 0 radical (unpaired) electrons. The van der Waals surface area contributed by atoms with Crippen molar-refractivity contribution in [1.29, 1.82) is 0 Å². The lowest BCUT2D eigenvalue weighted by molar-refractivity contribution is 0.559. The van der Waals surface area contributed by atoms with Crippen molar-refractivity contribution in [3.8, 4) is 0 Å². The molecule has 0 heterocycles. The van der Waals surface area contributed by atoms with E-state index in [9.17, 15) is 13.2 Å². The molecule has 0 saturated carbocycles. The van der Waals surface area contributed by atoms with E-state index in [0.29, 0.717) is 11.1 Å². The first-order valence-corrected chi connectivity index (χ1v) is 8.23. The SMILES string of the molecule is C=CC(=C\C(F)=C(/CF)c1cc(C)cc(F)c1)/C(C)=C/C=C(\C)CC. The van der Waals surface area contributed by atoms with Gasteiger partial charge in [-0.15, -0.1) is 0 Å². The zero-order valence-corrected chi connectivity index (χ0v) is 15.3. The molecule has 0 aromatic heterocycles. The maximum absolute atomic E-state index is 14.6. The molecule has 0 atom stereocenters. The first-order valence-electron chi connectivity index (χ1n) is 8.23. The molecule has 0 fully saturated rings. The molecule has 3 heteroatoms. The smallest absolute Gasteiger partial charge is 0.130 e. The third-order valence-corrected chi connectivity index (χ3v) is 3.95. The standard InChI is InChI=1S/C22H25F3/c1-6-15(3)8-9-17(5)18(7-2)13-22(25)21(14-23)19-10-16(4)11-20(24)12-19/h7-13H,2,6,14H2,1,3-5H3/b15-8+,17-9+,18-13+,22-21-. The predicted octanol–water partition coefficient (Wildman–Crippen LogP) is 7.20. The van der Waals surface area contributed by atoms with Crippen LogP contribution in [0.2, 0.25) is 0 Å². The molecule has 25 heavy (non-hydrogen) atoms. The first-order chi connectivity index (χ1) is 11.8. The van der Waals surface area contributed by atoms with E-state index < -0.39 is 18.3 Å². The van der Waals surface area contributed by atoms with Gasteiger partial charge in [-0.25, -0.2) is 13.2 Å². The summed E-state index contributed by atoms with van der Waals surface area (Å²) in [6, 6.07) is 4.02. The maximum atomic E-state index is 14.6. The fraction of sp³-hybridized carbons (Fsp3) is 0.273. The highest BCUT2D eigenvalue weighted by Gasteiger charge is 2.11. The molecule has 1 rings (SSSR count). The average Bonchev–Trinajstić information content (AvgIpc) is 2.56. The number of benzene rings is 1. The topological polar surface area (TPSA) is 0 Å². The molecular weight excluding hydrogens is 321 g/mol. The van der Waals surface area contributed by atoms with Crippen molar-refractivity contribution in [2.45, 2.75) is 34.1 Å². The Balaban J connectivity index is 3.35. The highest BCUT2D eigenvalue weighted by molar-refractivity contribution is 5.71. The van der Waals surface area contributed by atoms with E-state index in [-0.39, 0.29) is 11.1 Å². The Bertz CT molecular complexity index is 726. The number of halogens is 3. The number of hydrogen-bond acceptors (Lipinski definition) is 0. The lowest BCUT2D eigenvalue weighted by Gasteiger charge is -2.08. The fourth-order valence-electron chi connectivity index (χ4n) is 2.23. The van der Waals surface area contributed by atoms with Crippen LogP contribution in [0.3, 0.4) is 0 Å². The van der Waals surface area contributed by atoms with E-state index in [2.05, 4.69) is 13.5 Å². The van der Waals surface area contributed by atoms with Gasteiger partial charge in [0.2, 0.25) is 0 Å². The van der Waals surface area contributed by atoms with Crippen LogP contribution in [0, 0.1) is 12.7 Å². The van der Waals surface area contributed by atoms with Gasteiger partial charge in [0.1, 0.15) is 18.3 Å². The summed E-state index contributed by atoms with van der Waals surface area (Å²) >= 11 is 0.